The zero-order valence-corrected chi connectivity index (χ0v) is 28.4. The third-order valence-corrected chi connectivity index (χ3v) is 12.4. The van der Waals surface area contributed by atoms with Gasteiger partial charge >= 0.3 is 0 Å². The van der Waals surface area contributed by atoms with Crippen molar-refractivity contribution in [3.05, 3.63) is 191 Å². The van der Waals surface area contributed by atoms with E-state index in [1.165, 1.54) is 88.4 Å². The van der Waals surface area contributed by atoms with Gasteiger partial charge in [0.2, 0.25) is 0 Å². The fourth-order valence-electron chi connectivity index (χ4n) is 8.42. The monoisotopic (exact) mass is 632 g/mol. The van der Waals surface area contributed by atoms with Crippen LogP contribution in [0.25, 0.3) is 55.3 Å². The smallest absolute Gasteiger partial charge is 0.0310 e. The Kier molecular flexibility index (Phi) is 6.86. The van der Waals surface area contributed by atoms with Crippen molar-refractivity contribution in [1.82, 2.24) is 0 Å². The second kappa shape index (κ2) is 11.3. The van der Waals surface area contributed by atoms with Gasteiger partial charge in [0.05, 0.1) is 0 Å². The highest BCUT2D eigenvalue weighted by molar-refractivity contribution is 7.44. The Labute approximate surface area is 285 Å². The Morgan fingerprint density at radius 1 is 0.646 bits per heavy atom. The maximum absolute atomic E-state index is 4.48. The normalized spacial score (nSPS) is 16.3. The Morgan fingerprint density at radius 3 is 1.98 bits per heavy atom. The van der Waals surface area contributed by atoms with E-state index in [4.69, 9.17) is 0 Å². The van der Waals surface area contributed by atoms with Crippen LogP contribution in [0, 0.1) is 0 Å². The lowest BCUT2D eigenvalue weighted by atomic mass is 9.79. The maximum atomic E-state index is 4.48. The van der Waals surface area contributed by atoms with Crippen LogP contribution in [0.3, 0.4) is 0 Å². The Hall–Kier alpha value is -5.03. The third-order valence-electron chi connectivity index (χ3n) is 10.8. The van der Waals surface area contributed by atoms with E-state index in [1.54, 1.807) is 0 Å². The molecule has 6 aromatic carbocycles. The first-order chi connectivity index (χ1) is 23.5. The molecule has 0 bridgehead atoms. The lowest BCUT2D eigenvalue weighted by Gasteiger charge is -2.25. The molecule has 9 rings (SSSR count). The van der Waals surface area contributed by atoms with Gasteiger partial charge in [-0.15, -0.1) is 0 Å². The summed E-state index contributed by atoms with van der Waals surface area (Å²) in [4.78, 5) is 0. The lowest BCUT2D eigenvalue weighted by Crippen LogP contribution is -2.16. The van der Waals surface area contributed by atoms with E-state index < -0.39 is 0 Å². The van der Waals surface area contributed by atoms with Gasteiger partial charge in [-0.05, 0) is 101 Å². The van der Waals surface area contributed by atoms with Crippen LogP contribution in [-0.4, -0.2) is 0 Å². The second-order valence-electron chi connectivity index (χ2n) is 13.8. The van der Waals surface area contributed by atoms with Gasteiger partial charge in [-0.3, -0.25) is 0 Å². The van der Waals surface area contributed by atoms with Gasteiger partial charge < -0.3 is 0 Å². The van der Waals surface area contributed by atoms with Crippen molar-refractivity contribution >= 4 is 30.5 Å². The molecule has 0 aromatic heterocycles. The van der Waals surface area contributed by atoms with Gasteiger partial charge in [0, 0.05) is 11.1 Å². The van der Waals surface area contributed by atoms with Crippen molar-refractivity contribution in [2.45, 2.75) is 31.3 Å². The van der Waals surface area contributed by atoms with E-state index >= 15 is 0 Å². The van der Waals surface area contributed by atoms with Crippen LogP contribution < -0.4 is 0 Å². The molecular weight excluding hydrogens is 595 g/mol. The number of allylic oxidation sites excluding steroid dienone is 7. The molecular formula is C47H37P. The first-order valence-corrected chi connectivity index (χ1v) is 18.0. The van der Waals surface area contributed by atoms with Crippen LogP contribution in [0.5, 0.6) is 0 Å². The van der Waals surface area contributed by atoms with Crippen LogP contribution in [0.15, 0.2) is 169 Å². The molecule has 0 radical (unpaired) electrons. The van der Waals surface area contributed by atoms with E-state index in [2.05, 4.69) is 172 Å². The summed E-state index contributed by atoms with van der Waals surface area (Å²) in [7, 11) is 0.612. The van der Waals surface area contributed by atoms with E-state index in [0.717, 1.165) is 6.42 Å². The molecule has 0 fully saturated rings. The summed E-state index contributed by atoms with van der Waals surface area (Å²) < 4.78 is 0. The molecule has 0 amide bonds. The Balaban J connectivity index is 1.22. The predicted molar refractivity (Wildman–Crippen MR) is 209 cm³/mol. The Morgan fingerprint density at radius 2 is 1.27 bits per heavy atom. The highest BCUT2D eigenvalue weighted by Gasteiger charge is 2.42. The van der Waals surface area contributed by atoms with Crippen molar-refractivity contribution in [3.63, 3.8) is 0 Å². The summed E-state index contributed by atoms with van der Waals surface area (Å²) in [6, 6.07) is 49.4. The van der Waals surface area contributed by atoms with Crippen molar-refractivity contribution in [2.75, 3.05) is 0 Å². The number of rotatable bonds is 7. The molecule has 0 aliphatic heterocycles. The summed E-state index contributed by atoms with van der Waals surface area (Å²) in [6.45, 7) is 9.28. The summed E-state index contributed by atoms with van der Waals surface area (Å²) in [5.74, 6) is 0. The van der Waals surface area contributed by atoms with Gasteiger partial charge in [-0.1, -0.05) is 175 Å². The van der Waals surface area contributed by atoms with Crippen molar-refractivity contribution in [2.24, 2.45) is 0 Å². The molecule has 0 spiro atoms. The van der Waals surface area contributed by atoms with Crippen molar-refractivity contribution in [3.8, 4) is 33.4 Å². The average molecular weight is 633 g/mol. The molecule has 1 heteroatoms. The topological polar surface area (TPSA) is 0 Å². The number of hydrogen-bond donors (Lipinski definition) is 0. The lowest BCUT2D eigenvalue weighted by molar-refractivity contribution is 0.655. The number of hydrogen-bond acceptors (Lipinski definition) is 0. The molecule has 0 saturated heterocycles. The highest BCUT2D eigenvalue weighted by atomic mass is 31.1. The van der Waals surface area contributed by atoms with Gasteiger partial charge in [-0.25, -0.2) is 0 Å². The van der Waals surface area contributed by atoms with Crippen molar-refractivity contribution in [1.29, 1.82) is 0 Å². The fourth-order valence-corrected chi connectivity index (χ4v) is 10.1. The fraction of sp³-hybridized carbons (Fsp3) is 0.106. The third kappa shape index (κ3) is 4.47. The first kappa shape index (κ1) is 29.1. The quantitative estimate of drug-likeness (QED) is 0.153. The molecule has 2 unspecified atom stereocenters. The number of benzene rings is 6. The van der Waals surface area contributed by atoms with E-state index in [1.807, 2.05) is 0 Å². The van der Waals surface area contributed by atoms with Gasteiger partial charge in [-0.2, -0.15) is 0 Å². The molecule has 3 aliphatic carbocycles. The van der Waals surface area contributed by atoms with Crippen LogP contribution in [0.2, 0.25) is 0 Å². The van der Waals surface area contributed by atoms with E-state index in [-0.39, 0.29) is 11.1 Å². The molecule has 2 atom stereocenters. The van der Waals surface area contributed by atoms with Crippen LogP contribution in [-0.2, 0) is 5.41 Å². The summed E-state index contributed by atoms with van der Waals surface area (Å²) >= 11 is 0. The molecule has 6 aromatic rings. The van der Waals surface area contributed by atoms with Gasteiger partial charge in [0.25, 0.3) is 0 Å². The zero-order chi connectivity index (χ0) is 32.4. The predicted octanol–water partition coefficient (Wildman–Crippen LogP) is 13.2. The van der Waals surface area contributed by atoms with Crippen molar-refractivity contribution < 1.29 is 0 Å². The first-order valence-electron chi connectivity index (χ1n) is 17.0. The minimum atomic E-state index is -0.172. The molecule has 48 heavy (non-hydrogen) atoms. The summed E-state index contributed by atoms with van der Waals surface area (Å²) in [5.41, 5.74) is 17.7. The summed E-state index contributed by atoms with van der Waals surface area (Å²) in [6.07, 6.45) is 7.89. The van der Waals surface area contributed by atoms with Gasteiger partial charge in [0.15, 0.2) is 0 Å². The molecule has 0 saturated carbocycles. The zero-order valence-electron chi connectivity index (χ0n) is 27.4. The van der Waals surface area contributed by atoms with Crippen LogP contribution >= 0.6 is 8.58 Å². The van der Waals surface area contributed by atoms with Gasteiger partial charge in [0.1, 0.15) is 0 Å². The minimum Gasteiger partial charge on any atom is -0.0987 e. The highest BCUT2D eigenvalue weighted by Crippen LogP contribution is 2.62. The average Bonchev–Trinajstić information content (AvgIpc) is 3.80. The Bertz CT molecular complexity index is 2350. The largest absolute Gasteiger partial charge is 0.0987 e. The minimum absolute atomic E-state index is 0.172. The van der Waals surface area contributed by atoms with Crippen LogP contribution in [0.4, 0.5) is 0 Å². The van der Waals surface area contributed by atoms with Crippen LogP contribution in [0.1, 0.15) is 48.2 Å². The molecule has 0 nitrogen and oxygen atoms in total. The molecule has 3 aliphatic rings. The van der Waals surface area contributed by atoms with E-state index in [9.17, 15) is 0 Å². The molecule has 0 N–H and O–H groups in total. The standard InChI is InChI=1S/C47H37P/c1-4-41-45(44-39-21-13-20-38-36-18-11-12-19-37(36)40(43(38)39)29-42(44)47(41,2)3)46(33-24-22-32(23-25-33)30-14-7-5-8-15-30)48-35-27-26-34(28-35)31-16-9-6-10-17-31/h4-27,29,46,48H,1,28H2,2-3H3. The SMILES string of the molecule is C=CC1=C(C(PC2=CC=C(c3ccccc3)C2)c2ccc(-c3ccccc3)cc2)c2c(cc3c4c(cccc24)-c2ccccc2-3)C1(C)C. The maximum Gasteiger partial charge on any atom is 0.0310 e. The number of fused-ring (bicyclic) bond motifs is 5. The molecule has 230 valence electrons. The molecule has 0 heterocycles. The summed E-state index contributed by atoms with van der Waals surface area (Å²) in [5, 5.41) is 4.27. The van der Waals surface area contributed by atoms with E-state index in [0.29, 0.717) is 8.58 Å². The second-order valence-corrected chi connectivity index (χ2v) is 15.3.